The molecule has 0 spiro atoms. The van der Waals surface area contributed by atoms with Crippen molar-refractivity contribution in [2.45, 2.75) is 353 Å². The molecule has 398 valence electrons. The van der Waals surface area contributed by atoms with Crippen LogP contribution < -0.4 is 5.32 Å². The highest BCUT2D eigenvalue weighted by molar-refractivity contribution is 5.76. The van der Waals surface area contributed by atoms with Crippen molar-refractivity contribution in [1.82, 2.24) is 5.32 Å². The quantitative estimate of drug-likeness (QED) is 0.0321. The van der Waals surface area contributed by atoms with Crippen molar-refractivity contribution in [3.05, 3.63) is 12.2 Å². The van der Waals surface area contributed by atoms with Gasteiger partial charge < -0.3 is 20.3 Å². The zero-order valence-corrected chi connectivity index (χ0v) is 45.4. The molecule has 0 aromatic heterocycles. The highest BCUT2D eigenvalue weighted by Gasteiger charge is 2.20. The van der Waals surface area contributed by atoms with Gasteiger partial charge in [-0.3, -0.25) is 9.59 Å². The van der Waals surface area contributed by atoms with Crippen molar-refractivity contribution in [3.8, 4) is 0 Å². The molecule has 0 aliphatic rings. The van der Waals surface area contributed by atoms with Crippen LogP contribution in [0.2, 0.25) is 0 Å². The summed E-state index contributed by atoms with van der Waals surface area (Å²) in [5.74, 6) is -0.0653. The van der Waals surface area contributed by atoms with Gasteiger partial charge in [0.1, 0.15) is 0 Å². The molecule has 6 heteroatoms. The Balaban J connectivity index is 3.44. The number of hydrogen-bond donors (Lipinski definition) is 3. The summed E-state index contributed by atoms with van der Waals surface area (Å²) in [5, 5.41) is 23.3. The Bertz CT molecular complexity index is 1000. The summed E-state index contributed by atoms with van der Waals surface area (Å²) in [6.45, 7) is 4.94. The summed E-state index contributed by atoms with van der Waals surface area (Å²) < 4.78 is 5.48. The van der Waals surface area contributed by atoms with Crippen LogP contribution in [-0.2, 0) is 14.3 Å². The number of unbranched alkanes of at least 4 members (excludes halogenated alkanes) is 44. The number of ether oxygens (including phenoxy) is 1. The second-order valence-electron chi connectivity index (χ2n) is 21.0. The molecule has 0 rings (SSSR count). The minimum absolute atomic E-state index is 0.0152. The third-order valence-corrected chi connectivity index (χ3v) is 14.3. The van der Waals surface area contributed by atoms with E-state index in [1.54, 1.807) is 0 Å². The fraction of sp³-hybridized carbons (Fsp3) is 0.934. The van der Waals surface area contributed by atoms with Gasteiger partial charge in [0.15, 0.2) is 0 Å². The van der Waals surface area contributed by atoms with E-state index >= 15 is 0 Å². The monoisotopic (exact) mass is 946 g/mol. The van der Waals surface area contributed by atoms with Crippen LogP contribution in [-0.4, -0.2) is 47.4 Å². The van der Waals surface area contributed by atoms with E-state index in [9.17, 15) is 19.8 Å². The lowest BCUT2D eigenvalue weighted by Gasteiger charge is -2.22. The van der Waals surface area contributed by atoms with E-state index in [1.807, 2.05) is 0 Å². The molecule has 0 aliphatic heterocycles. The minimum atomic E-state index is -0.677. The van der Waals surface area contributed by atoms with Crippen LogP contribution >= 0.6 is 0 Å². The van der Waals surface area contributed by atoms with Gasteiger partial charge in [-0.05, 0) is 51.4 Å². The normalized spacial score (nSPS) is 12.6. The lowest BCUT2D eigenvalue weighted by Crippen LogP contribution is -2.45. The van der Waals surface area contributed by atoms with Crippen LogP contribution in [0.15, 0.2) is 12.2 Å². The zero-order chi connectivity index (χ0) is 48.6. The van der Waals surface area contributed by atoms with E-state index in [4.69, 9.17) is 4.74 Å². The molecule has 1 amide bonds. The number of allylic oxidation sites excluding steroid dienone is 2. The predicted molar refractivity (Wildman–Crippen MR) is 292 cm³/mol. The Kier molecular flexibility index (Phi) is 56.0. The Hall–Kier alpha value is -1.40. The molecule has 6 nitrogen and oxygen atoms in total. The number of rotatable bonds is 57. The number of nitrogens with one attached hydrogen (secondary N) is 1. The minimum Gasteiger partial charge on any atom is -0.466 e. The molecule has 0 aromatic rings. The fourth-order valence-corrected chi connectivity index (χ4v) is 9.64. The lowest BCUT2D eigenvalue weighted by molar-refractivity contribution is -0.143. The van der Waals surface area contributed by atoms with E-state index in [1.165, 1.54) is 250 Å². The molecule has 0 aromatic carbocycles. The van der Waals surface area contributed by atoms with Crippen LogP contribution in [0.5, 0.6) is 0 Å². The second-order valence-corrected chi connectivity index (χ2v) is 21.0. The molecule has 0 aliphatic carbocycles. The van der Waals surface area contributed by atoms with Gasteiger partial charge >= 0.3 is 5.97 Å². The standard InChI is InChI=1S/C61H119NO5/c1-3-5-7-9-11-13-15-17-19-21-23-24-25-26-28-30-33-37-41-45-49-53-59(64)58(57-63)62-60(65)54-50-46-42-38-34-32-36-40-44-48-52-56-67-61(66)55-51-47-43-39-35-31-29-27-22-20-18-16-14-12-10-8-6-4-2/h20,22,58-59,63-64H,3-19,21,23-57H2,1-2H3,(H,62,65)/b22-20-. The number of aliphatic hydroxyl groups is 2. The molecule has 0 saturated carbocycles. The Morgan fingerprint density at radius 2 is 0.701 bits per heavy atom. The molecule has 2 unspecified atom stereocenters. The third-order valence-electron chi connectivity index (χ3n) is 14.3. The molecular weight excluding hydrogens is 827 g/mol. The van der Waals surface area contributed by atoms with Gasteiger partial charge in [0.25, 0.3) is 0 Å². The Labute approximate surface area is 419 Å². The van der Waals surface area contributed by atoms with Crippen LogP contribution in [0.25, 0.3) is 0 Å². The molecule has 0 heterocycles. The fourth-order valence-electron chi connectivity index (χ4n) is 9.64. The molecule has 0 bridgehead atoms. The van der Waals surface area contributed by atoms with Crippen molar-refractivity contribution in [2.75, 3.05) is 13.2 Å². The number of hydrogen-bond acceptors (Lipinski definition) is 5. The molecule has 2 atom stereocenters. The predicted octanol–water partition coefficient (Wildman–Crippen LogP) is 18.9. The van der Waals surface area contributed by atoms with Crippen molar-refractivity contribution in [2.24, 2.45) is 0 Å². The van der Waals surface area contributed by atoms with Crippen molar-refractivity contribution >= 4 is 11.9 Å². The van der Waals surface area contributed by atoms with Crippen molar-refractivity contribution in [1.29, 1.82) is 0 Å². The average Bonchev–Trinajstić information content (AvgIpc) is 3.33. The largest absolute Gasteiger partial charge is 0.466 e. The SMILES string of the molecule is CCCCCCCCC/C=C\CCCCCCCCCC(=O)OCCCCCCCCCCCCCC(=O)NC(CO)C(O)CCCCCCCCCCCCCCCCCCCCCCC. The summed E-state index contributed by atoms with van der Waals surface area (Å²) in [6.07, 6.45) is 67.8. The first-order valence-electron chi connectivity index (χ1n) is 30.4. The molecule has 67 heavy (non-hydrogen) atoms. The van der Waals surface area contributed by atoms with Crippen LogP contribution in [0.3, 0.4) is 0 Å². The highest BCUT2D eigenvalue weighted by atomic mass is 16.5. The van der Waals surface area contributed by atoms with E-state index in [0.29, 0.717) is 25.9 Å². The van der Waals surface area contributed by atoms with E-state index in [2.05, 4.69) is 31.3 Å². The number of carbonyl (C=O) groups excluding carboxylic acids is 2. The first-order valence-corrected chi connectivity index (χ1v) is 30.4. The molecular formula is C61H119NO5. The van der Waals surface area contributed by atoms with Gasteiger partial charge in [-0.15, -0.1) is 0 Å². The van der Waals surface area contributed by atoms with E-state index in [0.717, 1.165) is 57.8 Å². The smallest absolute Gasteiger partial charge is 0.305 e. The Morgan fingerprint density at radius 3 is 1.06 bits per heavy atom. The summed E-state index contributed by atoms with van der Waals surface area (Å²) in [4.78, 5) is 24.6. The highest BCUT2D eigenvalue weighted by Crippen LogP contribution is 2.18. The first kappa shape index (κ1) is 65.6. The summed E-state index contributed by atoms with van der Waals surface area (Å²) in [7, 11) is 0. The Morgan fingerprint density at radius 1 is 0.403 bits per heavy atom. The van der Waals surface area contributed by atoms with Crippen molar-refractivity contribution in [3.63, 3.8) is 0 Å². The second kappa shape index (κ2) is 57.2. The maximum Gasteiger partial charge on any atom is 0.305 e. The first-order chi connectivity index (χ1) is 33.0. The maximum absolute atomic E-state index is 12.5. The number of esters is 1. The van der Waals surface area contributed by atoms with Gasteiger partial charge in [-0.2, -0.15) is 0 Å². The number of aliphatic hydroxyl groups excluding tert-OH is 2. The van der Waals surface area contributed by atoms with Crippen molar-refractivity contribution < 1.29 is 24.5 Å². The third kappa shape index (κ3) is 53.8. The van der Waals surface area contributed by atoms with Crippen LogP contribution in [0.1, 0.15) is 341 Å². The lowest BCUT2D eigenvalue weighted by atomic mass is 10.0. The zero-order valence-electron chi connectivity index (χ0n) is 45.4. The molecule has 3 N–H and O–H groups in total. The van der Waals surface area contributed by atoms with E-state index < -0.39 is 12.1 Å². The molecule has 0 fully saturated rings. The van der Waals surface area contributed by atoms with E-state index in [-0.39, 0.29) is 18.5 Å². The van der Waals surface area contributed by atoms with Gasteiger partial charge in [0.05, 0.1) is 25.4 Å². The van der Waals surface area contributed by atoms with Gasteiger partial charge in [0, 0.05) is 12.8 Å². The van der Waals surface area contributed by atoms with Crippen LogP contribution in [0, 0.1) is 0 Å². The summed E-state index contributed by atoms with van der Waals surface area (Å²) in [5.41, 5.74) is 0. The molecule has 0 saturated heterocycles. The van der Waals surface area contributed by atoms with Crippen LogP contribution in [0.4, 0.5) is 0 Å². The number of amides is 1. The maximum atomic E-state index is 12.5. The average molecular weight is 947 g/mol. The topological polar surface area (TPSA) is 95.9 Å². The van der Waals surface area contributed by atoms with Gasteiger partial charge in [0.2, 0.25) is 5.91 Å². The van der Waals surface area contributed by atoms with Gasteiger partial charge in [-0.1, -0.05) is 289 Å². The molecule has 0 radical (unpaired) electrons. The van der Waals surface area contributed by atoms with Gasteiger partial charge in [-0.25, -0.2) is 0 Å². The number of carbonyl (C=O) groups is 2. The summed E-state index contributed by atoms with van der Waals surface area (Å²) in [6, 6.07) is -0.556. The summed E-state index contributed by atoms with van der Waals surface area (Å²) >= 11 is 0.